The molecule has 1 aromatic heterocycles. The standard InChI is InChI=1S/C19H22ClN3O2/c1-2-11-22-17-5-3-4-6-18(17)23(19(22)21)12-15(24)13-25-16-9-7-14(20)8-10-16/h3-10,15,21,24H,2,11-13H2,1H3/p+1/t15-/m1/s1. The molecule has 132 valence electrons. The maximum Gasteiger partial charge on any atom is 0.356 e. The first-order valence-corrected chi connectivity index (χ1v) is 8.81. The highest BCUT2D eigenvalue weighted by molar-refractivity contribution is 6.30. The lowest BCUT2D eigenvalue weighted by Crippen LogP contribution is -2.43. The monoisotopic (exact) mass is 360 g/mol. The van der Waals surface area contributed by atoms with Crippen molar-refractivity contribution in [2.75, 3.05) is 12.3 Å². The second-order valence-corrected chi connectivity index (χ2v) is 6.46. The predicted molar refractivity (Wildman–Crippen MR) is 99.8 cm³/mol. The van der Waals surface area contributed by atoms with Crippen molar-refractivity contribution in [3.05, 3.63) is 53.6 Å². The summed E-state index contributed by atoms with van der Waals surface area (Å²) in [6, 6.07) is 15.1. The number of aryl methyl sites for hydroxylation is 1. The quantitative estimate of drug-likeness (QED) is 0.636. The summed E-state index contributed by atoms with van der Waals surface area (Å²) < 4.78 is 9.66. The minimum absolute atomic E-state index is 0.182. The molecular formula is C19H23ClN3O2+. The summed E-state index contributed by atoms with van der Waals surface area (Å²) in [6.07, 6.45) is 0.314. The Bertz CT molecular complexity index is 846. The van der Waals surface area contributed by atoms with Gasteiger partial charge in [-0.15, -0.1) is 0 Å². The second kappa shape index (κ2) is 7.76. The molecule has 0 spiro atoms. The number of aromatic nitrogens is 2. The molecule has 0 fully saturated rings. The molecule has 0 bridgehead atoms. The number of benzene rings is 2. The third-order valence-corrected chi connectivity index (χ3v) is 4.36. The first kappa shape index (κ1) is 17.6. The molecule has 3 aromatic rings. The highest BCUT2D eigenvalue weighted by atomic mass is 35.5. The van der Waals surface area contributed by atoms with E-state index in [4.69, 9.17) is 22.1 Å². The Morgan fingerprint density at radius 1 is 1.20 bits per heavy atom. The van der Waals surface area contributed by atoms with Gasteiger partial charge in [0.05, 0.1) is 6.54 Å². The van der Waals surface area contributed by atoms with E-state index in [0.29, 0.717) is 23.3 Å². The zero-order valence-electron chi connectivity index (χ0n) is 14.2. The van der Waals surface area contributed by atoms with Gasteiger partial charge in [-0.2, -0.15) is 0 Å². The molecule has 0 aliphatic heterocycles. The maximum absolute atomic E-state index is 10.4. The largest absolute Gasteiger partial charge is 0.491 e. The van der Waals surface area contributed by atoms with Crippen LogP contribution in [0.5, 0.6) is 5.75 Å². The average Bonchev–Trinajstić information content (AvgIpc) is 2.88. The number of hydrogen-bond donors (Lipinski definition) is 2. The Labute approximate surface area is 152 Å². The van der Waals surface area contributed by atoms with Crippen LogP contribution in [0.4, 0.5) is 5.95 Å². The van der Waals surface area contributed by atoms with E-state index in [2.05, 4.69) is 17.6 Å². The molecule has 0 saturated heterocycles. The number of aliphatic hydroxyl groups excluding tert-OH is 1. The maximum atomic E-state index is 10.4. The van der Waals surface area contributed by atoms with E-state index < -0.39 is 6.10 Å². The van der Waals surface area contributed by atoms with Gasteiger partial charge in [-0.1, -0.05) is 30.7 Å². The van der Waals surface area contributed by atoms with Gasteiger partial charge >= 0.3 is 5.95 Å². The number of rotatable bonds is 7. The molecule has 25 heavy (non-hydrogen) atoms. The summed E-state index contributed by atoms with van der Waals surface area (Å²) in [5.74, 6) is 1.32. The molecule has 6 heteroatoms. The van der Waals surface area contributed by atoms with Gasteiger partial charge in [0.25, 0.3) is 0 Å². The SMILES string of the molecule is CCCn1c(N)[n+](C[C@@H](O)COc2ccc(Cl)cc2)c2ccccc21. The molecule has 0 amide bonds. The number of nitrogens with two attached hydrogens (primary N) is 1. The number of hydrogen-bond acceptors (Lipinski definition) is 3. The van der Waals surface area contributed by atoms with Gasteiger partial charge in [0.2, 0.25) is 0 Å². The van der Waals surface area contributed by atoms with Crippen LogP contribution in [0.25, 0.3) is 11.0 Å². The lowest BCUT2D eigenvalue weighted by atomic mass is 10.3. The number of halogens is 1. The van der Waals surface area contributed by atoms with Crippen molar-refractivity contribution in [2.45, 2.75) is 32.5 Å². The zero-order chi connectivity index (χ0) is 17.8. The first-order valence-electron chi connectivity index (χ1n) is 8.43. The lowest BCUT2D eigenvalue weighted by Gasteiger charge is -2.12. The fraction of sp³-hybridized carbons (Fsp3) is 0.316. The molecular weight excluding hydrogens is 338 g/mol. The number of aliphatic hydroxyl groups is 1. The summed E-state index contributed by atoms with van der Waals surface area (Å²) in [6.45, 7) is 3.52. The number of fused-ring (bicyclic) bond motifs is 1. The van der Waals surface area contributed by atoms with Gasteiger partial charge < -0.3 is 9.84 Å². The molecule has 0 saturated carbocycles. The highest BCUT2D eigenvalue weighted by Gasteiger charge is 2.22. The minimum Gasteiger partial charge on any atom is -0.491 e. The second-order valence-electron chi connectivity index (χ2n) is 6.03. The Morgan fingerprint density at radius 3 is 2.64 bits per heavy atom. The van der Waals surface area contributed by atoms with E-state index in [1.165, 1.54) is 0 Å². The van der Waals surface area contributed by atoms with Crippen LogP contribution >= 0.6 is 11.6 Å². The van der Waals surface area contributed by atoms with Crippen molar-refractivity contribution in [3.8, 4) is 5.75 Å². The smallest absolute Gasteiger partial charge is 0.356 e. The molecule has 3 rings (SSSR count). The van der Waals surface area contributed by atoms with Crippen LogP contribution in [0, 0.1) is 0 Å². The molecule has 0 aliphatic rings. The molecule has 1 heterocycles. The van der Waals surface area contributed by atoms with E-state index in [1.54, 1.807) is 24.3 Å². The first-order chi connectivity index (χ1) is 12.1. The Kier molecular flexibility index (Phi) is 5.46. The zero-order valence-corrected chi connectivity index (χ0v) is 15.0. The molecule has 0 radical (unpaired) electrons. The fourth-order valence-electron chi connectivity index (χ4n) is 2.95. The van der Waals surface area contributed by atoms with Crippen LogP contribution in [0.1, 0.15) is 13.3 Å². The molecule has 1 atom stereocenters. The summed E-state index contributed by atoms with van der Waals surface area (Å²) in [7, 11) is 0. The minimum atomic E-state index is -0.677. The topological polar surface area (TPSA) is 64.3 Å². The van der Waals surface area contributed by atoms with E-state index in [0.717, 1.165) is 24.0 Å². The molecule has 2 aromatic carbocycles. The average molecular weight is 361 g/mol. The van der Waals surface area contributed by atoms with Gasteiger partial charge in [0.1, 0.15) is 36.0 Å². The summed E-state index contributed by atoms with van der Waals surface area (Å²) in [5, 5.41) is 11.1. The van der Waals surface area contributed by atoms with Crippen LogP contribution in [0.3, 0.4) is 0 Å². The number of ether oxygens (including phenoxy) is 1. The number of nitrogens with zero attached hydrogens (tertiary/aromatic N) is 2. The van der Waals surface area contributed by atoms with Gasteiger partial charge in [-0.05, 0) is 42.8 Å². The van der Waals surface area contributed by atoms with Crippen molar-refractivity contribution in [3.63, 3.8) is 0 Å². The van der Waals surface area contributed by atoms with Crippen molar-refractivity contribution < 1.29 is 14.4 Å². The number of para-hydroxylation sites is 2. The van der Waals surface area contributed by atoms with Crippen LogP contribution in [-0.4, -0.2) is 22.4 Å². The van der Waals surface area contributed by atoms with Crippen molar-refractivity contribution in [2.24, 2.45) is 0 Å². The molecule has 5 nitrogen and oxygen atoms in total. The summed E-state index contributed by atoms with van der Waals surface area (Å²) >= 11 is 5.86. The van der Waals surface area contributed by atoms with Gasteiger partial charge in [0, 0.05) is 5.02 Å². The van der Waals surface area contributed by atoms with Crippen molar-refractivity contribution in [1.29, 1.82) is 0 Å². The van der Waals surface area contributed by atoms with Crippen molar-refractivity contribution >= 4 is 28.6 Å². The third kappa shape index (κ3) is 3.89. The third-order valence-electron chi connectivity index (χ3n) is 4.11. The Balaban J connectivity index is 1.75. The highest BCUT2D eigenvalue weighted by Crippen LogP contribution is 2.18. The van der Waals surface area contributed by atoms with Gasteiger partial charge in [-0.3, -0.25) is 5.73 Å². The van der Waals surface area contributed by atoms with Crippen LogP contribution < -0.4 is 15.0 Å². The summed E-state index contributed by atoms with van der Waals surface area (Å²) in [5.41, 5.74) is 8.42. The van der Waals surface area contributed by atoms with Crippen molar-refractivity contribution in [1.82, 2.24) is 4.57 Å². The van der Waals surface area contributed by atoms with Crippen LogP contribution in [0.2, 0.25) is 5.02 Å². The van der Waals surface area contributed by atoms with Crippen LogP contribution in [-0.2, 0) is 13.1 Å². The number of anilines is 1. The lowest BCUT2D eigenvalue weighted by molar-refractivity contribution is -0.665. The van der Waals surface area contributed by atoms with E-state index in [1.807, 2.05) is 22.8 Å². The Hall–Kier alpha value is -2.24. The van der Waals surface area contributed by atoms with Gasteiger partial charge in [-0.25, -0.2) is 9.13 Å². The Morgan fingerprint density at radius 2 is 1.92 bits per heavy atom. The predicted octanol–water partition coefficient (Wildman–Crippen LogP) is 3.01. The molecule has 0 aliphatic carbocycles. The number of nitrogen functional groups attached to an aromatic ring is 1. The molecule has 3 N–H and O–H groups in total. The van der Waals surface area contributed by atoms with Crippen LogP contribution in [0.15, 0.2) is 48.5 Å². The van der Waals surface area contributed by atoms with Gasteiger partial charge in [0.15, 0.2) is 0 Å². The van der Waals surface area contributed by atoms with E-state index in [9.17, 15) is 5.11 Å². The summed E-state index contributed by atoms with van der Waals surface area (Å²) in [4.78, 5) is 0. The van der Waals surface area contributed by atoms with E-state index in [-0.39, 0.29) is 6.61 Å². The van der Waals surface area contributed by atoms with E-state index >= 15 is 0 Å². The molecule has 0 unspecified atom stereocenters. The number of imidazole rings is 1. The normalized spacial score (nSPS) is 12.4. The fourth-order valence-corrected chi connectivity index (χ4v) is 3.08.